The summed E-state index contributed by atoms with van der Waals surface area (Å²) in [5.41, 5.74) is 9.29. The molecule has 0 atom stereocenters. The van der Waals surface area contributed by atoms with E-state index in [1.54, 1.807) is 0 Å². The van der Waals surface area contributed by atoms with Crippen LogP contribution in [0, 0.1) is 6.92 Å². The van der Waals surface area contributed by atoms with E-state index >= 15 is 0 Å². The van der Waals surface area contributed by atoms with Crippen molar-refractivity contribution < 1.29 is 4.74 Å². The highest BCUT2D eigenvalue weighted by Crippen LogP contribution is 2.31. The minimum atomic E-state index is 0.438. The van der Waals surface area contributed by atoms with Crippen LogP contribution in [-0.2, 0) is 0 Å². The van der Waals surface area contributed by atoms with Crippen LogP contribution in [-0.4, -0.2) is 6.61 Å². The molecule has 1 aromatic carbocycles. The highest BCUT2D eigenvalue weighted by Gasteiger charge is 2.10. The van der Waals surface area contributed by atoms with Gasteiger partial charge in [0.1, 0.15) is 5.75 Å². The second-order valence-corrected chi connectivity index (χ2v) is 10.3. The van der Waals surface area contributed by atoms with E-state index in [-0.39, 0.29) is 0 Å². The molecule has 0 aliphatic rings. The molecule has 0 unspecified atom stereocenters. The summed E-state index contributed by atoms with van der Waals surface area (Å²) in [6.45, 7) is 9.58. The lowest BCUT2D eigenvalue weighted by molar-refractivity contribution is 0.300. The van der Waals surface area contributed by atoms with Crippen LogP contribution in [0.25, 0.3) is 0 Å². The Balaban J connectivity index is 1.89. The Morgan fingerprint density at radius 2 is 1.06 bits per heavy atom. The third-order valence-electron chi connectivity index (χ3n) is 6.78. The van der Waals surface area contributed by atoms with E-state index in [0.717, 1.165) is 30.0 Å². The first-order valence-corrected chi connectivity index (χ1v) is 14.1. The van der Waals surface area contributed by atoms with Crippen LogP contribution < -0.4 is 10.5 Å². The minimum absolute atomic E-state index is 0.438. The Hall–Kier alpha value is -1.18. The van der Waals surface area contributed by atoms with Crippen molar-refractivity contribution >= 4 is 5.69 Å². The van der Waals surface area contributed by atoms with E-state index in [1.165, 1.54) is 115 Å². The molecule has 186 valence electrons. The predicted molar refractivity (Wildman–Crippen MR) is 144 cm³/mol. The largest absolute Gasteiger partial charge is 0.493 e. The predicted octanol–water partition coefficient (Wildman–Crippen LogP) is 10.1. The van der Waals surface area contributed by atoms with Crippen LogP contribution in [0.2, 0.25) is 0 Å². The molecular weight excluding hydrogens is 390 g/mol. The highest BCUT2D eigenvalue weighted by molar-refractivity contribution is 5.55. The number of ether oxygens (including phenoxy) is 1. The Bertz CT molecular complexity index is 566. The lowest BCUT2D eigenvalue weighted by Gasteiger charge is -2.16. The number of rotatable bonds is 21. The van der Waals surface area contributed by atoms with Gasteiger partial charge in [0.05, 0.1) is 6.61 Å². The standard InChI is InChI=1S/C30H55NO/c1-5-6-7-8-9-10-11-12-13-14-15-16-17-18-19-20-21-22-23-32-30-24-27(4)29(31)25-28(30)26(2)3/h24-26H,5-23,31H2,1-4H3. The van der Waals surface area contributed by atoms with Gasteiger partial charge in [-0.3, -0.25) is 0 Å². The first-order valence-electron chi connectivity index (χ1n) is 14.1. The van der Waals surface area contributed by atoms with Gasteiger partial charge in [-0.05, 0) is 42.5 Å². The van der Waals surface area contributed by atoms with Crippen LogP contribution in [0.4, 0.5) is 5.69 Å². The maximum Gasteiger partial charge on any atom is 0.123 e. The number of nitrogens with two attached hydrogens (primary N) is 1. The van der Waals surface area contributed by atoms with Gasteiger partial charge in [-0.25, -0.2) is 0 Å². The second-order valence-electron chi connectivity index (χ2n) is 10.3. The van der Waals surface area contributed by atoms with Crippen LogP contribution in [0.15, 0.2) is 12.1 Å². The number of benzene rings is 1. The van der Waals surface area contributed by atoms with Crippen LogP contribution in [0.3, 0.4) is 0 Å². The number of hydrogen-bond donors (Lipinski definition) is 1. The fourth-order valence-electron chi connectivity index (χ4n) is 4.48. The van der Waals surface area contributed by atoms with Crippen LogP contribution in [0.5, 0.6) is 5.75 Å². The Morgan fingerprint density at radius 3 is 1.47 bits per heavy atom. The van der Waals surface area contributed by atoms with Gasteiger partial charge in [0.15, 0.2) is 0 Å². The molecule has 0 fully saturated rings. The van der Waals surface area contributed by atoms with Gasteiger partial charge in [0, 0.05) is 5.69 Å². The first kappa shape index (κ1) is 28.9. The van der Waals surface area contributed by atoms with Gasteiger partial charge >= 0.3 is 0 Å². The summed E-state index contributed by atoms with van der Waals surface area (Å²) in [5, 5.41) is 0. The number of hydrogen-bond acceptors (Lipinski definition) is 2. The third-order valence-corrected chi connectivity index (χ3v) is 6.78. The smallest absolute Gasteiger partial charge is 0.123 e. The molecule has 2 nitrogen and oxygen atoms in total. The van der Waals surface area contributed by atoms with Crippen molar-refractivity contribution in [2.75, 3.05) is 12.3 Å². The topological polar surface area (TPSA) is 35.2 Å². The summed E-state index contributed by atoms with van der Waals surface area (Å²) >= 11 is 0. The monoisotopic (exact) mass is 445 g/mol. The zero-order valence-electron chi connectivity index (χ0n) is 22.2. The van der Waals surface area contributed by atoms with E-state index in [9.17, 15) is 0 Å². The normalized spacial score (nSPS) is 11.4. The summed E-state index contributed by atoms with van der Waals surface area (Å²) in [5.74, 6) is 1.46. The summed E-state index contributed by atoms with van der Waals surface area (Å²) in [6, 6.07) is 4.20. The minimum Gasteiger partial charge on any atom is -0.493 e. The van der Waals surface area contributed by atoms with Gasteiger partial charge in [-0.1, -0.05) is 130 Å². The van der Waals surface area contributed by atoms with Gasteiger partial charge in [-0.15, -0.1) is 0 Å². The molecule has 0 saturated heterocycles. The molecule has 0 aromatic heterocycles. The molecule has 1 aromatic rings. The molecule has 32 heavy (non-hydrogen) atoms. The summed E-state index contributed by atoms with van der Waals surface area (Å²) < 4.78 is 6.11. The van der Waals surface area contributed by atoms with Gasteiger partial charge in [0.2, 0.25) is 0 Å². The third kappa shape index (κ3) is 14.1. The Morgan fingerprint density at radius 1 is 0.656 bits per heavy atom. The lowest BCUT2D eigenvalue weighted by Crippen LogP contribution is -2.03. The van der Waals surface area contributed by atoms with Crippen molar-refractivity contribution in [3.8, 4) is 5.75 Å². The fraction of sp³-hybridized carbons (Fsp3) is 0.800. The van der Waals surface area contributed by atoms with Crippen molar-refractivity contribution in [1.82, 2.24) is 0 Å². The van der Waals surface area contributed by atoms with Crippen LogP contribution in [0.1, 0.15) is 153 Å². The first-order chi connectivity index (χ1) is 15.6. The van der Waals surface area contributed by atoms with Gasteiger partial charge < -0.3 is 10.5 Å². The molecule has 0 saturated carbocycles. The lowest BCUT2D eigenvalue weighted by atomic mass is 9.99. The average molecular weight is 446 g/mol. The quantitative estimate of drug-likeness (QED) is 0.151. The molecule has 2 N–H and O–H groups in total. The van der Waals surface area contributed by atoms with Crippen molar-refractivity contribution in [2.24, 2.45) is 0 Å². The average Bonchev–Trinajstić information content (AvgIpc) is 2.77. The van der Waals surface area contributed by atoms with Crippen LogP contribution >= 0.6 is 0 Å². The van der Waals surface area contributed by atoms with E-state index < -0.39 is 0 Å². The van der Waals surface area contributed by atoms with Crippen molar-refractivity contribution in [1.29, 1.82) is 0 Å². The molecule has 0 heterocycles. The second kappa shape index (κ2) is 19.3. The molecule has 0 aliphatic heterocycles. The number of anilines is 1. The summed E-state index contributed by atoms with van der Waals surface area (Å²) in [6.07, 6.45) is 25.4. The van der Waals surface area contributed by atoms with E-state index in [1.807, 2.05) is 0 Å². The van der Waals surface area contributed by atoms with E-state index in [2.05, 4.69) is 39.8 Å². The van der Waals surface area contributed by atoms with Gasteiger partial charge in [-0.2, -0.15) is 0 Å². The van der Waals surface area contributed by atoms with Gasteiger partial charge in [0.25, 0.3) is 0 Å². The summed E-state index contributed by atoms with van der Waals surface area (Å²) in [4.78, 5) is 0. The molecule has 0 aliphatic carbocycles. The van der Waals surface area contributed by atoms with Crippen molar-refractivity contribution in [3.63, 3.8) is 0 Å². The fourth-order valence-corrected chi connectivity index (χ4v) is 4.48. The maximum atomic E-state index is 6.11. The van der Waals surface area contributed by atoms with Crippen molar-refractivity contribution in [2.45, 2.75) is 149 Å². The van der Waals surface area contributed by atoms with E-state index in [0.29, 0.717) is 5.92 Å². The van der Waals surface area contributed by atoms with Crippen molar-refractivity contribution in [3.05, 3.63) is 23.3 Å². The molecule has 0 radical (unpaired) electrons. The number of unbranched alkanes of at least 4 members (excludes halogenated alkanes) is 17. The molecule has 0 spiro atoms. The number of nitrogen functional groups attached to an aromatic ring is 1. The molecule has 0 bridgehead atoms. The zero-order chi connectivity index (χ0) is 23.4. The zero-order valence-corrected chi connectivity index (χ0v) is 22.2. The maximum absolute atomic E-state index is 6.11. The Kier molecular flexibility index (Phi) is 17.4. The summed E-state index contributed by atoms with van der Waals surface area (Å²) in [7, 11) is 0. The SMILES string of the molecule is CCCCCCCCCCCCCCCCCCCCOc1cc(C)c(N)cc1C(C)C. The molecule has 0 amide bonds. The number of aryl methyl sites for hydroxylation is 1. The molecular formula is C30H55NO. The Labute approximate surface area is 201 Å². The highest BCUT2D eigenvalue weighted by atomic mass is 16.5. The van der Waals surface area contributed by atoms with E-state index in [4.69, 9.17) is 10.5 Å². The molecule has 2 heteroatoms. The molecule has 1 rings (SSSR count).